The zero-order valence-corrected chi connectivity index (χ0v) is 17.2. The minimum atomic E-state index is -3.84. The number of ether oxygens (including phenoxy) is 1. The number of hydrazone groups is 1. The number of rotatable bonds is 6. The van der Waals surface area contributed by atoms with Gasteiger partial charge in [0.1, 0.15) is 6.04 Å². The van der Waals surface area contributed by atoms with E-state index in [1.165, 1.54) is 41.9 Å². The second-order valence-corrected chi connectivity index (χ2v) is 8.69. The van der Waals surface area contributed by atoms with E-state index in [1.807, 2.05) is 0 Å². The lowest BCUT2D eigenvalue weighted by Crippen LogP contribution is -2.44. The Hall–Kier alpha value is -2.62. The summed E-state index contributed by atoms with van der Waals surface area (Å²) < 4.78 is 32.0. The Morgan fingerprint density at radius 1 is 1.31 bits per heavy atom. The van der Waals surface area contributed by atoms with Crippen molar-refractivity contribution in [3.63, 3.8) is 0 Å². The summed E-state index contributed by atoms with van der Waals surface area (Å²) in [5, 5.41) is 14.3. The molecule has 0 aromatic heterocycles. The SMILES string of the molecule is COc1cccc(/C=N\NC(=O)[C@H]2CCCN2S(=O)(=O)c2ccc(Cl)cc2)c1O. The summed E-state index contributed by atoms with van der Waals surface area (Å²) >= 11 is 5.82. The predicted octanol–water partition coefficient (Wildman–Crippen LogP) is 2.36. The van der Waals surface area contributed by atoms with Crippen molar-refractivity contribution in [1.82, 2.24) is 9.73 Å². The second kappa shape index (κ2) is 8.81. The molecule has 1 fully saturated rings. The average Bonchev–Trinajstić information content (AvgIpc) is 3.20. The first-order chi connectivity index (χ1) is 13.8. The largest absolute Gasteiger partial charge is 0.504 e. The minimum absolute atomic E-state index is 0.0754. The van der Waals surface area contributed by atoms with Gasteiger partial charge in [-0.2, -0.15) is 9.41 Å². The number of sulfonamides is 1. The fourth-order valence-electron chi connectivity index (χ4n) is 3.08. The number of amides is 1. The van der Waals surface area contributed by atoms with Crippen molar-refractivity contribution in [1.29, 1.82) is 0 Å². The number of hydrogen-bond acceptors (Lipinski definition) is 6. The number of halogens is 1. The molecule has 10 heteroatoms. The molecule has 3 rings (SSSR count). The van der Waals surface area contributed by atoms with Crippen LogP contribution in [0.25, 0.3) is 0 Å². The van der Waals surface area contributed by atoms with Gasteiger partial charge in [-0.3, -0.25) is 4.79 Å². The molecule has 0 bridgehead atoms. The van der Waals surface area contributed by atoms with Crippen molar-refractivity contribution in [2.75, 3.05) is 13.7 Å². The molecule has 1 amide bonds. The van der Waals surface area contributed by atoms with Gasteiger partial charge in [0.15, 0.2) is 11.5 Å². The molecule has 0 spiro atoms. The highest BCUT2D eigenvalue weighted by molar-refractivity contribution is 7.89. The van der Waals surface area contributed by atoms with Crippen LogP contribution in [0.3, 0.4) is 0 Å². The summed E-state index contributed by atoms with van der Waals surface area (Å²) in [6.45, 7) is 0.240. The van der Waals surface area contributed by atoms with Gasteiger partial charge in [0, 0.05) is 17.1 Å². The minimum Gasteiger partial charge on any atom is -0.504 e. The standard InChI is InChI=1S/C19H20ClN3O5S/c1-28-17-6-2-4-13(18(17)24)12-21-22-19(25)16-5-3-11-23(16)29(26,27)15-9-7-14(20)8-10-15/h2,4,6-10,12,16,24H,3,5,11H2,1H3,(H,22,25)/b21-12-/t16-/m1/s1. The lowest BCUT2D eigenvalue weighted by molar-refractivity contribution is -0.124. The van der Waals surface area contributed by atoms with E-state index in [2.05, 4.69) is 10.5 Å². The first kappa shape index (κ1) is 21.1. The van der Waals surface area contributed by atoms with Gasteiger partial charge in [-0.1, -0.05) is 17.7 Å². The van der Waals surface area contributed by atoms with Crippen LogP contribution in [0.1, 0.15) is 18.4 Å². The molecule has 1 atom stereocenters. The van der Waals surface area contributed by atoms with Crippen LogP contribution in [0.5, 0.6) is 11.5 Å². The number of aromatic hydroxyl groups is 1. The van der Waals surface area contributed by atoms with Gasteiger partial charge in [0.2, 0.25) is 10.0 Å². The van der Waals surface area contributed by atoms with Gasteiger partial charge < -0.3 is 9.84 Å². The number of nitrogens with one attached hydrogen (secondary N) is 1. The zero-order valence-electron chi connectivity index (χ0n) is 15.6. The Bertz CT molecular complexity index is 1020. The predicted molar refractivity (Wildman–Crippen MR) is 109 cm³/mol. The van der Waals surface area contributed by atoms with Gasteiger partial charge in [-0.25, -0.2) is 13.8 Å². The summed E-state index contributed by atoms with van der Waals surface area (Å²) in [4.78, 5) is 12.6. The van der Waals surface area contributed by atoms with E-state index < -0.39 is 22.0 Å². The van der Waals surface area contributed by atoms with Gasteiger partial charge in [0.05, 0.1) is 18.2 Å². The van der Waals surface area contributed by atoms with E-state index in [-0.39, 0.29) is 22.9 Å². The van der Waals surface area contributed by atoms with Gasteiger partial charge in [-0.05, 0) is 49.2 Å². The van der Waals surface area contributed by atoms with Crippen LogP contribution >= 0.6 is 11.6 Å². The van der Waals surface area contributed by atoms with Crippen molar-refractivity contribution in [3.05, 3.63) is 53.1 Å². The summed E-state index contributed by atoms with van der Waals surface area (Å²) in [7, 11) is -2.41. The fraction of sp³-hybridized carbons (Fsp3) is 0.263. The Labute approximate surface area is 173 Å². The molecule has 2 aromatic rings. The maximum atomic E-state index is 12.9. The van der Waals surface area contributed by atoms with Crippen molar-refractivity contribution in [2.45, 2.75) is 23.8 Å². The Morgan fingerprint density at radius 3 is 2.72 bits per heavy atom. The Kier molecular flexibility index (Phi) is 6.41. The number of para-hydroxylation sites is 1. The van der Waals surface area contributed by atoms with Crippen LogP contribution in [0, 0.1) is 0 Å². The number of phenols is 1. The maximum absolute atomic E-state index is 12.9. The topological polar surface area (TPSA) is 108 Å². The Balaban J connectivity index is 1.73. The number of carbonyl (C=O) groups is 1. The van der Waals surface area contributed by atoms with Crippen molar-refractivity contribution >= 4 is 33.7 Å². The molecule has 1 aliphatic heterocycles. The summed E-state index contributed by atoms with van der Waals surface area (Å²) in [5.74, 6) is -0.379. The number of methoxy groups -OCH3 is 1. The van der Waals surface area contributed by atoms with E-state index in [9.17, 15) is 18.3 Å². The number of hydrogen-bond donors (Lipinski definition) is 2. The normalized spacial score (nSPS) is 17.5. The fourth-order valence-corrected chi connectivity index (χ4v) is 4.86. The monoisotopic (exact) mass is 437 g/mol. The van der Waals surface area contributed by atoms with Crippen molar-refractivity contribution < 1.29 is 23.1 Å². The van der Waals surface area contributed by atoms with E-state index >= 15 is 0 Å². The number of carbonyl (C=O) groups excluding carboxylic acids is 1. The van der Waals surface area contributed by atoms with Gasteiger partial charge in [0.25, 0.3) is 5.91 Å². The third-order valence-corrected chi connectivity index (χ3v) is 6.73. The van der Waals surface area contributed by atoms with Gasteiger partial charge in [-0.15, -0.1) is 0 Å². The van der Waals surface area contributed by atoms with Crippen LogP contribution in [-0.2, 0) is 14.8 Å². The number of nitrogens with zero attached hydrogens (tertiary/aromatic N) is 2. The van der Waals surface area contributed by atoms with Crippen LogP contribution < -0.4 is 10.2 Å². The quantitative estimate of drug-likeness (QED) is 0.532. The Morgan fingerprint density at radius 2 is 2.03 bits per heavy atom. The maximum Gasteiger partial charge on any atom is 0.258 e. The molecular formula is C19H20ClN3O5S. The lowest BCUT2D eigenvalue weighted by atomic mass is 10.2. The molecule has 0 radical (unpaired) electrons. The molecule has 154 valence electrons. The third-order valence-electron chi connectivity index (χ3n) is 4.56. The summed E-state index contributed by atoms with van der Waals surface area (Å²) in [5.41, 5.74) is 2.70. The molecule has 2 N–H and O–H groups in total. The van der Waals surface area contributed by atoms with Gasteiger partial charge >= 0.3 is 0 Å². The number of phenolic OH excluding ortho intramolecular Hbond substituents is 1. The summed E-state index contributed by atoms with van der Waals surface area (Å²) in [6, 6.07) is 9.79. The molecule has 2 aromatic carbocycles. The smallest absolute Gasteiger partial charge is 0.258 e. The van der Waals surface area contributed by atoms with E-state index in [0.29, 0.717) is 23.4 Å². The first-order valence-corrected chi connectivity index (χ1v) is 10.6. The highest BCUT2D eigenvalue weighted by Gasteiger charge is 2.39. The van der Waals surface area contributed by atoms with Crippen LogP contribution in [0.15, 0.2) is 52.5 Å². The molecule has 0 unspecified atom stereocenters. The van der Waals surface area contributed by atoms with Crippen LogP contribution in [-0.4, -0.2) is 49.6 Å². The third kappa shape index (κ3) is 4.52. The summed E-state index contributed by atoms with van der Waals surface area (Å²) in [6.07, 6.45) is 2.21. The zero-order chi connectivity index (χ0) is 21.0. The molecule has 0 saturated carbocycles. The van der Waals surface area contributed by atoms with Crippen LogP contribution in [0.2, 0.25) is 5.02 Å². The lowest BCUT2D eigenvalue weighted by Gasteiger charge is -2.22. The molecule has 29 heavy (non-hydrogen) atoms. The second-order valence-electron chi connectivity index (χ2n) is 6.36. The van der Waals surface area contributed by atoms with E-state index in [0.717, 1.165) is 0 Å². The van der Waals surface area contributed by atoms with Crippen molar-refractivity contribution in [3.8, 4) is 11.5 Å². The molecule has 1 saturated heterocycles. The highest BCUT2D eigenvalue weighted by Crippen LogP contribution is 2.28. The molecule has 1 heterocycles. The van der Waals surface area contributed by atoms with E-state index in [1.54, 1.807) is 18.2 Å². The molecule has 0 aliphatic carbocycles. The van der Waals surface area contributed by atoms with E-state index in [4.69, 9.17) is 16.3 Å². The molecule has 8 nitrogen and oxygen atoms in total. The number of benzene rings is 2. The average molecular weight is 438 g/mol. The molecule has 1 aliphatic rings. The van der Waals surface area contributed by atoms with Crippen molar-refractivity contribution in [2.24, 2.45) is 5.10 Å². The highest BCUT2D eigenvalue weighted by atomic mass is 35.5. The first-order valence-electron chi connectivity index (χ1n) is 8.81. The molecular weight excluding hydrogens is 418 g/mol. The van der Waals surface area contributed by atoms with Crippen LogP contribution in [0.4, 0.5) is 0 Å².